The summed E-state index contributed by atoms with van der Waals surface area (Å²) in [6.45, 7) is 0.954. The lowest BCUT2D eigenvalue weighted by Gasteiger charge is -2.27. The van der Waals surface area contributed by atoms with E-state index in [9.17, 15) is 19.3 Å². The van der Waals surface area contributed by atoms with E-state index in [1.807, 2.05) is 18.2 Å². The van der Waals surface area contributed by atoms with Gasteiger partial charge in [0.15, 0.2) is 6.61 Å². The lowest BCUT2D eigenvalue weighted by Crippen LogP contribution is -2.40. The topological polar surface area (TPSA) is 93.5 Å². The molecule has 1 unspecified atom stereocenters. The Morgan fingerprint density at radius 1 is 1.35 bits per heavy atom. The van der Waals surface area contributed by atoms with Crippen molar-refractivity contribution in [1.29, 1.82) is 0 Å². The highest BCUT2D eigenvalue weighted by atomic mass is 19.1. The Balaban J connectivity index is 1.51. The summed E-state index contributed by atoms with van der Waals surface area (Å²) in [6, 6.07) is 11.3. The van der Waals surface area contributed by atoms with E-state index in [0.29, 0.717) is 6.54 Å². The first-order valence-corrected chi connectivity index (χ1v) is 8.19. The molecule has 0 saturated heterocycles. The Kier molecular flexibility index (Phi) is 5.43. The minimum absolute atomic E-state index is 0.0284. The van der Waals surface area contributed by atoms with Crippen LogP contribution in [0.25, 0.3) is 0 Å². The number of nitro groups is 1. The summed E-state index contributed by atoms with van der Waals surface area (Å²) < 4.78 is 18.7. The normalized spacial score (nSPS) is 15.8. The van der Waals surface area contributed by atoms with Gasteiger partial charge in [0.2, 0.25) is 5.82 Å². The maximum absolute atomic E-state index is 13.5. The van der Waals surface area contributed by atoms with Gasteiger partial charge in [0.1, 0.15) is 5.75 Å². The molecule has 26 heavy (non-hydrogen) atoms. The lowest BCUT2D eigenvalue weighted by atomic mass is 9.94. The molecule has 2 N–H and O–H groups in total. The molecule has 0 radical (unpaired) electrons. The van der Waals surface area contributed by atoms with Crippen molar-refractivity contribution in [1.82, 2.24) is 10.6 Å². The monoisotopic (exact) mass is 359 g/mol. The molecule has 0 fully saturated rings. The molecule has 8 heteroatoms. The molecule has 1 aliphatic rings. The number of ether oxygens (including phenoxy) is 1. The number of nitrogens with zero attached hydrogens (tertiary/aromatic N) is 1. The van der Waals surface area contributed by atoms with E-state index in [2.05, 4.69) is 16.7 Å². The van der Waals surface area contributed by atoms with Gasteiger partial charge in [-0.25, -0.2) is 0 Å². The maximum Gasteiger partial charge on any atom is 0.305 e. The number of carbonyl (C=O) groups is 1. The molecule has 0 saturated carbocycles. The Hall–Kier alpha value is -3.00. The van der Waals surface area contributed by atoms with E-state index in [0.717, 1.165) is 30.7 Å². The molecule has 1 atom stereocenters. The third-order valence-electron chi connectivity index (χ3n) is 4.20. The van der Waals surface area contributed by atoms with E-state index >= 15 is 0 Å². The molecule has 0 aromatic heterocycles. The van der Waals surface area contributed by atoms with Gasteiger partial charge in [-0.05, 0) is 30.2 Å². The number of amides is 1. The van der Waals surface area contributed by atoms with Crippen LogP contribution in [0.4, 0.5) is 10.1 Å². The van der Waals surface area contributed by atoms with Crippen LogP contribution in [0.1, 0.15) is 17.2 Å². The minimum Gasteiger partial charge on any atom is -0.484 e. The number of halogens is 1. The first kappa shape index (κ1) is 17.8. The van der Waals surface area contributed by atoms with Gasteiger partial charge in [0.05, 0.1) is 4.92 Å². The molecule has 1 amide bonds. The largest absolute Gasteiger partial charge is 0.484 e. The van der Waals surface area contributed by atoms with Gasteiger partial charge in [0, 0.05) is 24.7 Å². The van der Waals surface area contributed by atoms with Crippen molar-refractivity contribution in [2.24, 2.45) is 0 Å². The second kappa shape index (κ2) is 7.92. The van der Waals surface area contributed by atoms with Crippen LogP contribution in [0.15, 0.2) is 42.5 Å². The van der Waals surface area contributed by atoms with E-state index in [1.165, 1.54) is 11.6 Å². The molecule has 3 rings (SSSR count). The van der Waals surface area contributed by atoms with Crippen LogP contribution in [0.5, 0.6) is 5.75 Å². The zero-order valence-corrected chi connectivity index (χ0v) is 13.9. The van der Waals surface area contributed by atoms with Gasteiger partial charge in [-0.1, -0.05) is 24.3 Å². The zero-order chi connectivity index (χ0) is 18.5. The molecule has 1 aliphatic heterocycles. The van der Waals surface area contributed by atoms with Crippen LogP contribution >= 0.6 is 0 Å². The van der Waals surface area contributed by atoms with Gasteiger partial charge in [-0.2, -0.15) is 4.39 Å². The first-order chi connectivity index (χ1) is 12.5. The van der Waals surface area contributed by atoms with Crippen molar-refractivity contribution in [3.05, 3.63) is 69.5 Å². The predicted octanol–water partition coefficient (Wildman–Crippen LogP) is 2.12. The Bertz CT molecular complexity index is 828. The summed E-state index contributed by atoms with van der Waals surface area (Å²) in [4.78, 5) is 21.7. The fourth-order valence-electron chi connectivity index (χ4n) is 2.92. The van der Waals surface area contributed by atoms with Crippen molar-refractivity contribution in [3.8, 4) is 5.75 Å². The molecule has 2 aromatic rings. The number of fused-ring (bicyclic) bond motifs is 1. The molecule has 0 aliphatic carbocycles. The van der Waals surface area contributed by atoms with Crippen molar-refractivity contribution < 1.29 is 18.8 Å². The van der Waals surface area contributed by atoms with Crippen LogP contribution in [0.3, 0.4) is 0 Å². The van der Waals surface area contributed by atoms with Crippen LogP contribution in [-0.4, -0.2) is 30.5 Å². The fourth-order valence-corrected chi connectivity index (χ4v) is 2.92. The van der Waals surface area contributed by atoms with Crippen molar-refractivity contribution in [2.45, 2.75) is 12.5 Å². The number of hydrogen-bond acceptors (Lipinski definition) is 5. The Morgan fingerprint density at radius 2 is 2.15 bits per heavy atom. The summed E-state index contributed by atoms with van der Waals surface area (Å²) in [5.74, 6) is -1.30. The van der Waals surface area contributed by atoms with Gasteiger partial charge in [-0.3, -0.25) is 14.9 Å². The summed E-state index contributed by atoms with van der Waals surface area (Å²) in [7, 11) is 0. The number of carbonyl (C=O) groups excluding carboxylic acids is 1. The highest BCUT2D eigenvalue weighted by molar-refractivity contribution is 5.77. The molecule has 1 heterocycles. The summed E-state index contributed by atoms with van der Waals surface area (Å²) in [5, 5.41) is 16.7. The predicted molar refractivity (Wildman–Crippen MR) is 92.4 cm³/mol. The van der Waals surface area contributed by atoms with E-state index < -0.39 is 16.4 Å². The number of nitrogens with one attached hydrogen (secondary N) is 2. The van der Waals surface area contributed by atoms with E-state index in [1.54, 1.807) is 0 Å². The molecule has 0 bridgehead atoms. The summed E-state index contributed by atoms with van der Waals surface area (Å²) >= 11 is 0. The summed E-state index contributed by atoms with van der Waals surface area (Å²) in [6.07, 6.45) is 0.954. The third kappa shape index (κ3) is 4.15. The van der Waals surface area contributed by atoms with E-state index in [-0.39, 0.29) is 24.3 Å². The van der Waals surface area contributed by atoms with Crippen LogP contribution in [-0.2, 0) is 11.2 Å². The Labute approximate surface area is 149 Å². The van der Waals surface area contributed by atoms with Gasteiger partial charge < -0.3 is 15.4 Å². The lowest BCUT2D eigenvalue weighted by molar-refractivity contribution is -0.387. The summed E-state index contributed by atoms with van der Waals surface area (Å²) in [5.41, 5.74) is 1.80. The van der Waals surface area contributed by atoms with Crippen molar-refractivity contribution in [3.63, 3.8) is 0 Å². The first-order valence-electron chi connectivity index (χ1n) is 8.19. The minimum atomic E-state index is -1.00. The Morgan fingerprint density at radius 3 is 2.92 bits per heavy atom. The van der Waals surface area contributed by atoms with Crippen molar-refractivity contribution in [2.75, 3.05) is 19.7 Å². The number of hydrogen-bond donors (Lipinski definition) is 2. The molecule has 0 spiro atoms. The highest BCUT2D eigenvalue weighted by Crippen LogP contribution is 2.23. The molecule has 2 aromatic carbocycles. The smallest absolute Gasteiger partial charge is 0.305 e. The maximum atomic E-state index is 13.5. The average molecular weight is 359 g/mol. The number of benzene rings is 2. The SMILES string of the molecule is O=C(COc1ccc([N+](=O)[O-])c(F)c1)NCC1NCCc2ccccc21. The highest BCUT2D eigenvalue weighted by Gasteiger charge is 2.20. The number of nitro benzene ring substituents is 1. The molecule has 7 nitrogen and oxygen atoms in total. The van der Waals surface area contributed by atoms with Crippen LogP contribution in [0.2, 0.25) is 0 Å². The molecular formula is C18H18FN3O4. The average Bonchev–Trinajstić information content (AvgIpc) is 2.64. The van der Waals surface area contributed by atoms with Crippen LogP contribution < -0.4 is 15.4 Å². The van der Waals surface area contributed by atoms with Gasteiger partial charge >= 0.3 is 5.69 Å². The van der Waals surface area contributed by atoms with E-state index in [4.69, 9.17) is 4.74 Å². The zero-order valence-electron chi connectivity index (χ0n) is 13.9. The number of rotatable bonds is 6. The van der Waals surface area contributed by atoms with Crippen LogP contribution in [0, 0.1) is 15.9 Å². The quantitative estimate of drug-likeness (QED) is 0.609. The standard InChI is InChI=1S/C18H18FN3O4/c19-15-9-13(5-6-17(15)22(24)25)26-11-18(23)21-10-16-14-4-2-1-3-12(14)7-8-20-16/h1-6,9,16,20H,7-8,10-11H2,(H,21,23). The van der Waals surface area contributed by atoms with Crippen molar-refractivity contribution >= 4 is 11.6 Å². The fraction of sp³-hybridized carbons (Fsp3) is 0.278. The van der Waals surface area contributed by atoms with Gasteiger partial charge in [-0.15, -0.1) is 0 Å². The second-order valence-corrected chi connectivity index (χ2v) is 5.92. The second-order valence-electron chi connectivity index (χ2n) is 5.92. The van der Waals surface area contributed by atoms with Gasteiger partial charge in [0.25, 0.3) is 5.91 Å². The third-order valence-corrected chi connectivity index (χ3v) is 4.20. The molecular weight excluding hydrogens is 341 g/mol. The molecule has 136 valence electrons.